The van der Waals surface area contributed by atoms with E-state index in [1.807, 2.05) is 5.32 Å². The van der Waals surface area contributed by atoms with Gasteiger partial charge in [0.25, 0.3) is 0 Å². The molecule has 5 N–H and O–H groups in total. The second-order valence-electron chi connectivity index (χ2n) is 9.17. The minimum atomic E-state index is -5.08. The molecular weight excluding hydrogens is 538 g/mol. The first-order valence-corrected chi connectivity index (χ1v) is 11.2. The Labute approximate surface area is 209 Å². The number of hydrogen-bond donors (Lipinski definition) is 4. The summed E-state index contributed by atoms with van der Waals surface area (Å²) in [5, 5.41) is 23.6. The van der Waals surface area contributed by atoms with E-state index in [1.54, 1.807) is 6.20 Å². The highest BCUT2D eigenvalue weighted by Gasteiger charge is 2.50. The zero-order valence-corrected chi connectivity index (χ0v) is 19.3. The summed E-state index contributed by atoms with van der Waals surface area (Å²) in [5.74, 6) is -7.73. The van der Waals surface area contributed by atoms with Gasteiger partial charge in [0.05, 0.1) is 36.2 Å². The standard InChI is InChI=1S/C19H22F5N5O2.C2HF3O2/c20-18(21)3-1-9(2-4-18)15(25)12-8-29-14(27-12)5-10(7-26-29)16(30)11-6-13(19(22,23)24)28-17(11)31;3-2(4,5)1(6)7/h5,7-9,11,13,15-16,30H,1-4,6,25H2,(H,28,31);(H,6,7)/t11-,13+,15-,16-;/m0./s1. The number of nitrogens with zero attached hydrogens (tertiary/aromatic N) is 3. The van der Waals surface area contributed by atoms with Crippen LogP contribution in [0.5, 0.6) is 0 Å². The topological polar surface area (TPSA) is 143 Å². The number of aromatic nitrogens is 3. The number of carboxylic acids is 1. The van der Waals surface area contributed by atoms with Crippen LogP contribution in [0, 0.1) is 11.8 Å². The fraction of sp³-hybridized carbons (Fsp3) is 0.619. The third-order valence-electron chi connectivity index (χ3n) is 6.47. The van der Waals surface area contributed by atoms with Gasteiger partial charge >= 0.3 is 18.3 Å². The lowest BCUT2D eigenvalue weighted by molar-refractivity contribution is -0.192. The first-order chi connectivity index (χ1) is 17.4. The number of carboxylic acid groups (broad SMARTS) is 1. The van der Waals surface area contributed by atoms with Crippen LogP contribution < -0.4 is 11.1 Å². The molecule has 1 aliphatic heterocycles. The number of nitrogens with one attached hydrogen (secondary N) is 1. The van der Waals surface area contributed by atoms with E-state index < -0.39 is 60.7 Å². The Morgan fingerprint density at radius 2 is 1.76 bits per heavy atom. The number of nitrogens with two attached hydrogens (primary N) is 1. The van der Waals surface area contributed by atoms with E-state index in [2.05, 4.69) is 10.1 Å². The molecule has 1 amide bonds. The number of alkyl halides is 8. The van der Waals surface area contributed by atoms with Gasteiger partial charge in [-0.1, -0.05) is 0 Å². The number of aliphatic carboxylic acids is 1. The van der Waals surface area contributed by atoms with E-state index >= 15 is 0 Å². The molecule has 0 aromatic carbocycles. The highest BCUT2D eigenvalue weighted by Crippen LogP contribution is 2.40. The van der Waals surface area contributed by atoms with Crippen LogP contribution in [0.15, 0.2) is 18.5 Å². The van der Waals surface area contributed by atoms with Crippen LogP contribution in [-0.4, -0.2) is 61.0 Å². The molecule has 1 aliphatic carbocycles. The Morgan fingerprint density at radius 1 is 1.18 bits per heavy atom. The largest absolute Gasteiger partial charge is 0.490 e. The van der Waals surface area contributed by atoms with Gasteiger partial charge in [-0.05, 0) is 31.2 Å². The molecule has 1 saturated heterocycles. The number of amides is 1. The average molecular weight is 561 g/mol. The molecule has 4 rings (SSSR count). The fourth-order valence-corrected chi connectivity index (χ4v) is 4.31. The van der Waals surface area contributed by atoms with Crippen molar-refractivity contribution in [3.63, 3.8) is 0 Å². The van der Waals surface area contributed by atoms with Crippen molar-refractivity contribution >= 4 is 17.5 Å². The van der Waals surface area contributed by atoms with E-state index in [-0.39, 0.29) is 42.8 Å². The van der Waals surface area contributed by atoms with E-state index in [1.165, 1.54) is 16.8 Å². The molecule has 2 fully saturated rings. The second kappa shape index (κ2) is 10.6. The van der Waals surface area contributed by atoms with Crippen molar-refractivity contribution in [2.24, 2.45) is 17.6 Å². The smallest absolute Gasteiger partial charge is 0.475 e. The van der Waals surface area contributed by atoms with Crippen LogP contribution in [0.4, 0.5) is 35.1 Å². The van der Waals surface area contributed by atoms with Crippen molar-refractivity contribution in [1.82, 2.24) is 19.9 Å². The van der Waals surface area contributed by atoms with Crippen molar-refractivity contribution in [2.75, 3.05) is 0 Å². The highest BCUT2D eigenvalue weighted by atomic mass is 19.4. The monoisotopic (exact) mass is 561 g/mol. The highest BCUT2D eigenvalue weighted by molar-refractivity contribution is 5.82. The second-order valence-corrected chi connectivity index (χ2v) is 9.17. The summed E-state index contributed by atoms with van der Waals surface area (Å²) >= 11 is 0. The molecule has 212 valence electrons. The molecule has 2 aromatic rings. The lowest BCUT2D eigenvalue weighted by atomic mass is 9.81. The van der Waals surface area contributed by atoms with Crippen LogP contribution in [0.1, 0.15) is 55.5 Å². The SMILES string of the molecule is N[C@H](c1cn2ncc([C@H](O)[C@@H]3C[C@H](C(F)(F)F)NC3=O)cc2n1)C1CCC(F)(F)CC1.O=C(O)C(F)(F)F. The third kappa shape index (κ3) is 6.86. The minimum Gasteiger partial charge on any atom is -0.475 e. The van der Waals surface area contributed by atoms with Gasteiger partial charge in [0.1, 0.15) is 6.04 Å². The Kier molecular flexibility index (Phi) is 8.21. The predicted octanol–water partition coefficient (Wildman–Crippen LogP) is 3.29. The number of rotatable bonds is 4. The quantitative estimate of drug-likeness (QED) is 0.420. The number of aliphatic hydroxyl groups is 1. The predicted molar refractivity (Wildman–Crippen MR) is 112 cm³/mol. The van der Waals surface area contributed by atoms with Crippen LogP contribution >= 0.6 is 0 Å². The summed E-state index contributed by atoms with van der Waals surface area (Å²) in [6.07, 6.45) is -8.83. The summed E-state index contributed by atoms with van der Waals surface area (Å²) < 4.78 is 98.5. The zero-order valence-electron chi connectivity index (χ0n) is 19.3. The molecule has 4 atom stereocenters. The Balaban J connectivity index is 0.000000505. The Bertz CT molecular complexity index is 1160. The summed E-state index contributed by atoms with van der Waals surface area (Å²) in [6.45, 7) is 0. The zero-order chi connectivity index (χ0) is 28.6. The minimum absolute atomic E-state index is 0.151. The van der Waals surface area contributed by atoms with Gasteiger partial charge in [-0.15, -0.1) is 0 Å². The summed E-state index contributed by atoms with van der Waals surface area (Å²) in [6, 6.07) is -1.15. The lowest BCUT2D eigenvalue weighted by Crippen LogP contribution is -2.38. The number of aliphatic hydroxyl groups excluding tert-OH is 1. The molecule has 1 saturated carbocycles. The molecule has 0 spiro atoms. The molecule has 38 heavy (non-hydrogen) atoms. The van der Waals surface area contributed by atoms with Crippen LogP contribution in [0.3, 0.4) is 0 Å². The van der Waals surface area contributed by atoms with Gasteiger partial charge in [0, 0.05) is 18.4 Å². The fourth-order valence-electron chi connectivity index (χ4n) is 4.31. The van der Waals surface area contributed by atoms with Crippen molar-refractivity contribution in [1.29, 1.82) is 0 Å². The molecule has 0 bridgehead atoms. The number of hydrogen-bond acceptors (Lipinski definition) is 6. The van der Waals surface area contributed by atoms with Crippen LogP contribution in [-0.2, 0) is 9.59 Å². The third-order valence-corrected chi connectivity index (χ3v) is 6.47. The summed E-state index contributed by atoms with van der Waals surface area (Å²) in [7, 11) is 0. The van der Waals surface area contributed by atoms with E-state index in [0.717, 1.165) is 0 Å². The maximum atomic E-state index is 13.4. The lowest BCUT2D eigenvalue weighted by Gasteiger charge is -2.31. The number of imidazole rings is 1. The number of carbonyl (C=O) groups is 2. The first kappa shape index (κ1) is 29.5. The molecule has 2 aromatic heterocycles. The Hall–Kier alpha value is -3.08. The van der Waals surface area contributed by atoms with Gasteiger partial charge in [-0.2, -0.15) is 31.4 Å². The van der Waals surface area contributed by atoms with Crippen molar-refractivity contribution in [3.05, 3.63) is 29.7 Å². The van der Waals surface area contributed by atoms with E-state index in [4.69, 9.17) is 15.6 Å². The van der Waals surface area contributed by atoms with Crippen LogP contribution in [0.2, 0.25) is 0 Å². The number of halogens is 8. The van der Waals surface area contributed by atoms with Gasteiger partial charge in [0.15, 0.2) is 5.65 Å². The molecule has 0 radical (unpaired) electrons. The van der Waals surface area contributed by atoms with Crippen molar-refractivity contribution in [2.45, 2.75) is 68.6 Å². The van der Waals surface area contributed by atoms with Gasteiger partial charge in [-0.25, -0.2) is 23.1 Å². The maximum Gasteiger partial charge on any atom is 0.490 e. The van der Waals surface area contributed by atoms with Crippen molar-refractivity contribution < 1.29 is 54.9 Å². The van der Waals surface area contributed by atoms with Gasteiger partial charge in [-0.3, -0.25) is 4.79 Å². The molecule has 3 heterocycles. The van der Waals surface area contributed by atoms with Gasteiger partial charge in [0.2, 0.25) is 11.8 Å². The molecule has 2 aliphatic rings. The molecule has 0 unspecified atom stereocenters. The molecular formula is C21H23F8N5O4. The van der Waals surface area contributed by atoms with Crippen LogP contribution in [0.25, 0.3) is 5.65 Å². The molecule has 17 heteroatoms. The van der Waals surface area contributed by atoms with Gasteiger partial charge < -0.3 is 21.3 Å². The van der Waals surface area contributed by atoms with Crippen molar-refractivity contribution in [3.8, 4) is 0 Å². The first-order valence-electron chi connectivity index (χ1n) is 11.2. The molecule has 9 nitrogen and oxygen atoms in total. The summed E-state index contributed by atoms with van der Waals surface area (Å²) in [4.78, 5) is 25.2. The van der Waals surface area contributed by atoms with E-state index in [0.29, 0.717) is 5.69 Å². The average Bonchev–Trinajstić information content (AvgIpc) is 3.41. The normalized spacial score (nSPS) is 23.9. The maximum absolute atomic E-state index is 13.4. The number of fused-ring (bicyclic) bond motifs is 1. The number of carbonyl (C=O) groups excluding carboxylic acids is 1. The Morgan fingerprint density at radius 3 is 2.26 bits per heavy atom. The summed E-state index contributed by atoms with van der Waals surface area (Å²) in [5.41, 5.74) is 7.12. The van der Waals surface area contributed by atoms with E-state index in [9.17, 15) is 45.0 Å².